The van der Waals surface area contributed by atoms with Gasteiger partial charge in [-0.3, -0.25) is 37.3 Å². The van der Waals surface area contributed by atoms with Crippen molar-refractivity contribution in [2.24, 2.45) is 23.7 Å². The molecular formula is C77H150O17P2. The molecule has 0 aromatic rings. The van der Waals surface area contributed by atoms with Crippen LogP contribution in [0.15, 0.2) is 0 Å². The van der Waals surface area contributed by atoms with E-state index < -0.39 is 97.5 Å². The lowest BCUT2D eigenvalue weighted by atomic mass is 9.99. The summed E-state index contributed by atoms with van der Waals surface area (Å²) in [4.78, 5) is 72.8. The average molecular weight is 1410 g/mol. The predicted molar refractivity (Wildman–Crippen MR) is 391 cm³/mol. The quantitative estimate of drug-likeness (QED) is 0.0222. The van der Waals surface area contributed by atoms with Gasteiger partial charge in [0.1, 0.15) is 19.3 Å². The molecular weight excluding hydrogens is 1260 g/mol. The number of carbonyl (C=O) groups is 4. The Hall–Kier alpha value is -1.94. The van der Waals surface area contributed by atoms with Crippen LogP contribution in [0.3, 0.4) is 0 Å². The molecule has 0 aliphatic heterocycles. The fourth-order valence-corrected chi connectivity index (χ4v) is 13.2. The Labute approximate surface area is 588 Å². The van der Waals surface area contributed by atoms with Crippen LogP contribution in [0.25, 0.3) is 0 Å². The Kier molecular flexibility index (Phi) is 65.0. The molecule has 0 aliphatic rings. The molecule has 0 rings (SSSR count). The number of carbonyl (C=O) groups excluding carboxylic acids is 4. The summed E-state index contributed by atoms with van der Waals surface area (Å²) in [5.41, 5.74) is 0. The van der Waals surface area contributed by atoms with Gasteiger partial charge in [-0.2, -0.15) is 0 Å². The summed E-state index contributed by atoms with van der Waals surface area (Å²) in [5.74, 6) is 1.01. The van der Waals surface area contributed by atoms with E-state index in [4.69, 9.17) is 37.0 Å². The zero-order valence-corrected chi connectivity index (χ0v) is 64.8. The molecule has 0 aliphatic carbocycles. The maximum absolute atomic E-state index is 13.1. The van der Waals surface area contributed by atoms with E-state index in [9.17, 15) is 43.2 Å². The number of phosphoric ester groups is 2. The minimum Gasteiger partial charge on any atom is -0.462 e. The fraction of sp³-hybridized carbons (Fsp3) is 0.948. The van der Waals surface area contributed by atoms with Crippen molar-refractivity contribution in [2.75, 3.05) is 39.6 Å². The van der Waals surface area contributed by atoms with Crippen molar-refractivity contribution in [2.45, 2.75) is 408 Å². The van der Waals surface area contributed by atoms with Gasteiger partial charge in [-0.25, -0.2) is 9.13 Å². The lowest BCUT2D eigenvalue weighted by molar-refractivity contribution is -0.161. The van der Waals surface area contributed by atoms with Crippen molar-refractivity contribution in [1.82, 2.24) is 0 Å². The van der Waals surface area contributed by atoms with Crippen LogP contribution in [-0.4, -0.2) is 96.7 Å². The lowest BCUT2D eigenvalue weighted by Gasteiger charge is -2.21. The van der Waals surface area contributed by atoms with Crippen LogP contribution >= 0.6 is 15.6 Å². The van der Waals surface area contributed by atoms with E-state index in [1.54, 1.807) is 0 Å². The van der Waals surface area contributed by atoms with E-state index in [0.717, 1.165) is 126 Å². The molecule has 0 saturated heterocycles. The summed E-state index contributed by atoms with van der Waals surface area (Å²) in [6.07, 6.45) is 51.4. The van der Waals surface area contributed by atoms with Crippen molar-refractivity contribution in [1.29, 1.82) is 0 Å². The van der Waals surface area contributed by atoms with Gasteiger partial charge in [0.25, 0.3) is 0 Å². The average Bonchev–Trinajstić information content (AvgIpc) is 1.32. The SMILES string of the molecule is CCC(C)CCCCCCCCCCCCCCCCCCCCC(=O)O[C@H](COC(=O)CCCCCCCCC(C)CC)COP(=O)(O)OC[C@@H](O)COP(=O)(O)OC[C@@H](COC(=O)CCCCCCCCC(C)CC)OC(=O)CCCCCCCCCCCCC(C)CC. The number of hydrogen-bond acceptors (Lipinski definition) is 15. The van der Waals surface area contributed by atoms with Crippen molar-refractivity contribution in [3.8, 4) is 0 Å². The van der Waals surface area contributed by atoms with Gasteiger partial charge in [0.15, 0.2) is 12.2 Å². The van der Waals surface area contributed by atoms with Crippen molar-refractivity contribution >= 4 is 39.5 Å². The highest BCUT2D eigenvalue weighted by Crippen LogP contribution is 2.45. The maximum Gasteiger partial charge on any atom is 0.472 e. The Morgan fingerprint density at radius 1 is 0.281 bits per heavy atom. The van der Waals surface area contributed by atoms with E-state index in [1.165, 1.54) is 180 Å². The molecule has 0 amide bonds. The standard InChI is InChI=1S/C77H150O17P2/c1-9-67(5)53-45-37-29-25-21-19-17-15-13-14-16-18-20-22-27-31-43-51-59-76(81)93-72(63-87-74(79)57-49-41-35-33-39-47-55-69(7)11-3)65-91-95(83,84)89-61-71(78)62-90-96(85,86)92-66-73(64-88-75(80)58-50-42-36-34-40-48-56-70(8)12-4)94-77(82)60-52-44-32-28-24-23-26-30-38-46-54-68(6)10-2/h67-73,78H,9-66H2,1-8H3,(H,83,84)(H,85,86)/t67?,68?,69?,70?,71-,72-,73-/m1/s1. The van der Waals surface area contributed by atoms with Gasteiger partial charge in [-0.15, -0.1) is 0 Å². The third-order valence-electron chi connectivity index (χ3n) is 19.3. The molecule has 0 spiro atoms. The molecule has 0 heterocycles. The van der Waals surface area contributed by atoms with Gasteiger partial charge in [-0.1, -0.05) is 338 Å². The van der Waals surface area contributed by atoms with Gasteiger partial charge in [-0.05, 0) is 49.4 Å². The minimum absolute atomic E-state index is 0.105. The summed E-state index contributed by atoms with van der Waals surface area (Å²) in [6.45, 7) is 14.2. The molecule has 570 valence electrons. The minimum atomic E-state index is -4.96. The highest BCUT2D eigenvalue weighted by Gasteiger charge is 2.30. The summed E-state index contributed by atoms with van der Waals surface area (Å²) in [6, 6.07) is 0. The lowest BCUT2D eigenvalue weighted by Crippen LogP contribution is -2.30. The zero-order chi connectivity index (χ0) is 71.0. The summed E-state index contributed by atoms with van der Waals surface area (Å²) >= 11 is 0. The molecule has 17 nitrogen and oxygen atoms in total. The number of hydrogen-bond donors (Lipinski definition) is 3. The second-order valence-corrected chi connectivity index (χ2v) is 31.6. The van der Waals surface area contributed by atoms with Gasteiger partial charge >= 0.3 is 39.5 Å². The van der Waals surface area contributed by atoms with Crippen LogP contribution in [0.4, 0.5) is 0 Å². The van der Waals surface area contributed by atoms with E-state index in [1.807, 2.05) is 0 Å². The van der Waals surface area contributed by atoms with Crippen LogP contribution in [0.5, 0.6) is 0 Å². The summed E-state index contributed by atoms with van der Waals surface area (Å²) in [5, 5.41) is 10.6. The van der Waals surface area contributed by atoms with Gasteiger partial charge in [0, 0.05) is 25.7 Å². The summed E-state index contributed by atoms with van der Waals surface area (Å²) < 4.78 is 68.5. The number of rotatable bonds is 74. The van der Waals surface area contributed by atoms with E-state index >= 15 is 0 Å². The molecule has 6 unspecified atom stereocenters. The van der Waals surface area contributed by atoms with E-state index in [2.05, 4.69) is 55.4 Å². The monoisotopic (exact) mass is 1410 g/mol. The van der Waals surface area contributed by atoms with Gasteiger partial charge in [0.05, 0.1) is 26.4 Å². The first-order valence-corrected chi connectivity index (χ1v) is 42.8. The molecule has 0 radical (unpaired) electrons. The second-order valence-electron chi connectivity index (χ2n) is 28.7. The first-order valence-electron chi connectivity index (χ1n) is 39.9. The topological polar surface area (TPSA) is 237 Å². The Bertz CT molecular complexity index is 1890. The van der Waals surface area contributed by atoms with Crippen molar-refractivity contribution in [3.63, 3.8) is 0 Å². The van der Waals surface area contributed by atoms with Gasteiger partial charge < -0.3 is 33.8 Å². The predicted octanol–water partition coefficient (Wildman–Crippen LogP) is 22.4. The highest BCUT2D eigenvalue weighted by molar-refractivity contribution is 7.47. The van der Waals surface area contributed by atoms with Crippen LogP contribution in [-0.2, 0) is 65.4 Å². The molecule has 19 heteroatoms. The number of ether oxygens (including phenoxy) is 4. The number of unbranched alkanes of at least 4 members (excludes halogenated alkanes) is 36. The van der Waals surface area contributed by atoms with Gasteiger partial charge in [0.2, 0.25) is 0 Å². The number of aliphatic hydroxyl groups is 1. The molecule has 96 heavy (non-hydrogen) atoms. The fourth-order valence-electron chi connectivity index (χ4n) is 11.6. The number of aliphatic hydroxyl groups excluding tert-OH is 1. The Balaban J connectivity index is 5.18. The molecule has 3 N–H and O–H groups in total. The maximum atomic E-state index is 13.1. The second kappa shape index (κ2) is 66.3. The molecule has 0 fully saturated rings. The Morgan fingerprint density at radius 3 is 0.688 bits per heavy atom. The molecule has 0 bridgehead atoms. The number of phosphoric acid groups is 2. The highest BCUT2D eigenvalue weighted by atomic mass is 31.2. The van der Waals surface area contributed by atoms with Crippen LogP contribution in [0, 0.1) is 23.7 Å². The van der Waals surface area contributed by atoms with Crippen molar-refractivity contribution in [3.05, 3.63) is 0 Å². The number of esters is 4. The molecule has 0 saturated carbocycles. The molecule has 0 aromatic heterocycles. The first kappa shape index (κ1) is 94.1. The molecule has 0 aromatic carbocycles. The van der Waals surface area contributed by atoms with E-state index in [-0.39, 0.29) is 25.7 Å². The molecule has 9 atom stereocenters. The van der Waals surface area contributed by atoms with Crippen LogP contribution in [0.1, 0.15) is 389 Å². The third-order valence-corrected chi connectivity index (χ3v) is 21.2. The normalized spacial score (nSPS) is 15.2. The van der Waals surface area contributed by atoms with E-state index in [0.29, 0.717) is 25.7 Å². The van der Waals surface area contributed by atoms with Crippen molar-refractivity contribution < 1.29 is 80.2 Å². The van der Waals surface area contributed by atoms with Crippen LogP contribution < -0.4 is 0 Å². The summed E-state index contributed by atoms with van der Waals surface area (Å²) in [7, 11) is -9.91. The largest absolute Gasteiger partial charge is 0.472 e. The first-order chi connectivity index (χ1) is 46.2. The smallest absolute Gasteiger partial charge is 0.462 e. The Morgan fingerprint density at radius 2 is 0.469 bits per heavy atom. The van der Waals surface area contributed by atoms with Crippen LogP contribution in [0.2, 0.25) is 0 Å². The third kappa shape index (κ3) is 65.4. The zero-order valence-electron chi connectivity index (χ0n) is 63.0.